The molecule has 0 N–H and O–H groups in total. The molecule has 2 heteroatoms. The minimum absolute atomic E-state index is 0.00368. The SMILES string of the molecule is CC(=NC(=NC(c1ccccc1)C(C)C)c1ccccc1)c1cc(C23CC4CC5CC(C2)C54C3)cc2c1c#cc1c(C(C)(C)C)cc(C34CC5CC6CC(C3)C65C4)cc12. The van der Waals surface area contributed by atoms with Crippen molar-refractivity contribution in [1.29, 1.82) is 0 Å². The summed E-state index contributed by atoms with van der Waals surface area (Å²) in [6.07, 6.45) is 14.4. The van der Waals surface area contributed by atoms with Crippen molar-refractivity contribution in [2.45, 2.75) is 128 Å². The number of nitrogens with zero attached hydrogens (tertiary/aromatic N) is 2. The van der Waals surface area contributed by atoms with Crippen molar-refractivity contribution in [3.05, 3.63) is 130 Å². The van der Waals surface area contributed by atoms with Gasteiger partial charge in [-0.3, -0.25) is 4.99 Å². The van der Waals surface area contributed by atoms with Gasteiger partial charge in [-0.05, 0) is 191 Å². The van der Waals surface area contributed by atoms with Crippen LogP contribution in [0.2, 0.25) is 0 Å². The molecule has 5 unspecified atom stereocenters. The molecule has 0 saturated heterocycles. The third-order valence-corrected chi connectivity index (χ3v) is 19.3. The number of amidine groups is 1. The van der Waals surface area contributed by atoms with Crippen molar-refractivity contribution in [2.75, 3.05) is 0 Å². The zero-order chi connectivity index (χ0) is 39.8. The summed E-state index contributed by atoms with van der Waals surface area (Å²) in [4.78, 5) is 11.2. The van der Waals surface area contributed by atoms with E-state index in [0.29, 0.717) is 22.2 Å². The normalized spacial score (nSPS) is 37.4. The topological polar surface area (TPSA) is 24.7 Å². The van der Waals surface area contributed by atoms with Crippen molar-refractivity contribution < 1.29 is 0 Å². The highest BCUT2D eigenvalue weighted by Crippen LogP contribution is 2.85. The van der Waals surface area contributed by atoms with Crippen LogP contribution in [0.3, 0.4) is 0 Å². The Morgan fingerprint density at radius 2 is 1.15 bits per heavy atom. The van der Waals surface area contributed by atoms with Crippen LogP contribution in [0, 0.1) is 64.4 Å². The molecule has 5 atom stereocenters. The molecule has 8 aliphatic rings. The molecule has 5 aromatic rings. The van der Waals surface area contributed by atoms with E-state index >= 15 is 0 Å². The Kier molecular flexibility index (Phi) is 6.97. The van der Waals surface area contributed by atoms with E-state index in [-0.39, 0.29) is 16.9 Å². The Hall–Kier alpha value is -4.22. The molecule has 59 heavy (non-hydrogen) atoms. The van der Waals surface area contributed by atoms with Gasteiger partial charge in [0, 0.05) is 27.6 Å². The molecule has 4 bridgehead atoms. The first-order chi connectivity index (χ1) is 28.4. The summed E-state index contributed by atoms with van der Waals surface area (Å²) in [5.41, 5.74) is 11.2. The fourth-order valence-corrected chi connectivity index (χ4v) is 16.8. The highest BCUT2D eigenvalue weighted by atomic mass is 15.0. The molecule has 13 rings (SSSR count). The summed E-state index contributed by atoms with van der Waals surface area (Å²) >= 11 is 0. The summed E-state index contributed by atoms with van der Waals surface area (Å²) in [5.74, 6) is 6.95. The fraction of sp³-hybridized carbons (Fsp3) is 0.509. The molecule has 2 spiro atoms. The van der Waals surface area contributed by atoms with Gasteiger partial charge >= 0.3 is 0 Å². The number of fused-ring (bicyclic) bond motifs is 5. The van der Waals surface area contributed by atoms with Crippen molar-refractivity contribution in [1.82, 2.24) is 0 Å². The van der Waals surface area contributed by atoms with E-state index < -0.39 is 0 Å². The average Bonchev–Trinajstić information content (AvgIpc) is 3.92. The molecule has 0 amide bonds. The summed E-state index contributed by atoms with van der Waals surface area (Å²) in [7, 11) is 0. The molecule has 0 radical (unpaired) electrons. The van der Waals surface area contributed by atoms with Gasteiger partial charge in [-0.2, -0.15) is 0 Å². The molecule has 0 heterocycles. The highest BCUT2D eigenvalue weighted by molar-refractivity contribution is 6.19. The quantitative estimate of drug-likeness (QED) is 0.116. The molecule has 298 valence electrons. The van der Waals surface area contributed by atoms with Crippen LogP contribution in [0.5, 0.6) is 0 Å². The van der Waals surface area contributed by atoms with Crippen molar-refractivity contribution >= 4 is 33.1 Å². The van der Waals surface area contributed by atoms with Gasteiger partial charge in [0.1, 0.15) is 0 Å². The molecule has 2 nitrogen and oxygen atoms in total. The van der Waals surface area contributed by atoms with Crippen LogP contribution in [0.25, 0.3) is 21.5 Å². The first-order valence-corrected chi connectivity index (χ1v) is 23.5. The van der Waals surface area contributed by atoms with Crippen LogP contribution >= 0.6 is 0 Å². The van der Waals surface area contributed by atoms with Crippen LogP contribution in [-0.2, 0) is 16.2 Å². The molecule has 8 saturated carbocycles. The lowest BCUT2D eigenvalue weighted by atomic mass is 9.38. The van der Waals surface area contributed by atoms with E-state index in [1.807, 2.05) is 0 Å². The van der Waals surface area contributed by atoms with Gasteiger partial charge in [0.25, 0.3) is 0 Å². The molecule has 5 aromatic carbocycles. The predicted octanol–water partition coefficient (Wildman–Crippen LogP) is 13.7. The van der Waals surface area contributed by atoms with Gasteiger partial charge < -0.3 is 0 Å². The van der Waals surface area contributed by atoms with Crippen molar-refractivity contribution in [3.8, 4) is 0 Å². The van der Waals surface area contributed by atoms with Crippen LogP contribution in [0.1, 0.15) is 145 Å². The Morgan fingerprint density at radius 1 is 0.644 bits per heavy atom. The lowest BCUT2D eigenvalue weighted by Crippen LogP contribution is -2.59. The number of rotatable bonds is 7. The van der Waals surface area contributed by atoms with Gasteiger partial charge in [-0.1, -0.05) is 113 Å². The standard InChI is InChI=1S/C57H60N2/c1-33(2)51(35-13-9-7-10-14-35)59-52(36-15-11-8-12-16-36)58-34(3)47-23-37(54-27-41-19-39-20-42(28-54)56(39,41)31-54)24-48-45(47)17-18-46-49(48)25-38(26-50(46)53(4,5)6)55-29-43-21-40-22-44(30-55)57(40,43)32-55/h7-16,23-26,33,39-44,51H,19-22,27-32H2,1-6H3. The largest absolute Gasteiger partial charge is 0.258 e. The predicted molar refractivity (Wildman–Crippen MR) is 242 cm³/mol. The Balaban J connectivity index is 1.04. The summed E-state index contributed by atoms with van der Waals surface area (Å²) in [6.45, 7) is 14.1. The minimum Gasteiger partial charge on any atom is -0.258 e. The maximum absolute atomic E-state index is 5.62. The third-order valence-electron chi connectivity index (χ3n) is 19.3. The highest BCUT2D eigenvalue weighted by Gasteiger charge is 2.78. The molecule has 8 aliphatic carbocycles. The van der Waals surface area contributed by atoms with Gasteiger partial charge in [0.05, 0.1) is 6.04 Å². The Bertz CT molecular complexity index is 2620. The molecular formula is C57H60N2. The van der Waals surface area contributed by atoms with E-state index in [1.54, 1.807) is 11.1 Å². The summed E-state index contributed by atoms with van der Waals surface area (Å²) in [6, 6.07) is 39.9. The maximum Gasteiger partial charge on any atom is 0.155 e. The van der Waals surface area contributed by atoms with E-state index in [0.717, 1.165) is 52.6 Å². The second-order valence-corrected chi connectivity index (χ2v) is 23.1. The van der Waals surface area contributed by atoms with Gasteiger partial charge in [-0.15, -0.1) is 0 Å². The van der Waals surface area contributed by atoms with E-state index in [2.05, 4.69) is 139 Å². The van der Waals surface area contributed by atoms with Crippen LogP contribution in [-0.4, -0.2) is 11.5 Å². The average molecular weight is 773 g/mol. The fourth-order valence-electron chi connectivity index (χ4n) is 16.8. The second kappa shape index (κ2) is 11.6. The van der Waals surface area contributed by atoms with Crippen LogP contribution < -0.4 is 0 Å². The molecule has 8 fully saturated rings. The lowest BCUT2D eigenvalue weighted by molar-refractivity contribution is -0.175. The smallest absolute Gasteiger partial charge is 0.155 e. The van der Waals surface area contributed by atoms with E-state index in [9.17, 15) is 0 Å². The third kappa shape index (κ3) is 4.51. The maximum atomic E-state index is 5.62. The number of aliphatic imine (C=N–C) groups is 2. The first kappa shape index (κ1) is 35.5. The number of hydrogen-bond donors (Lipinski definition) is 0. The van der Waals surface area contributed by atoms with Gasteiger partial charge in [-0.25, -0.2) is 4.99 Å². The zero-order valence-corrected chi connectivity index (χ0v) is 36.2. The summed E-state index contributed by atoms with van der Waals surface area (Å²) in [5, 5.41) is 5.25. The molecule has 0 aliphatic heterocycles. The molecule has 0 aromatic heterocycles. The second-order valence-electron chi connectivity index (χ2n) is 23.1. The van der Waals surface area contributed by atoms with Crippen molar-refractivity contribution in [3.63, 3.8) is 0 Å². The molecular weight excluding hydrogens is 713 g/mol. The van der Waals surface area contributed by atoms with Crippen LogP contribution in [0.15, 0.2) is 94.9 Å². The zero-order valence-electron chi connectivity index (χ0n) is 36.2. The van der Waals surface area contributed by atoms with E-state index in [1.165, 1.54) is 102 Å². The van der Waals surface area contributed by atoms with E-state index in [4.69, 9.17) is 9.98 Å². The first-order valence-electron chi connectivity index (χ1n) is 23.5. The monoisotopic (exact) mass is 772 g/mol. The Labute approximate surface area is 352 Å². The number of hydrogen-bond acceptors (Lipinski definition) is 1. The lowest BCUT2D eigenvalue weighted by Gasteiger charge is -2.66. The van der Waals surface area contributed by atoms with Crippen LogP contribution in [0.4, 0.5) is 0 Å². The minimum atomic E-state index is 0.00368. The number of benzene rings is 4. The van der Waals surface area contributed by atoms with Crippen molar-refractivity contribution in [2.24, 2.45) is 62.2 Å². The van der Waals surface area contributed by atoms with Gasteiger partial charge in [0.2, 0.25) is 0 Å². The summed E-state index contributed by atoms with van der Waals surface area (Å²) < 4.78 is 0. The Morgan fingerprint density at radius 3 is 1.66 bits per heavy atom. The van der Waals surface area contributed by atoms with Gasteiger partial charge in [0.15, 0.2) is 5.84 Å².